The normalized spacial score (nSPS) is 15.0. The maximum absolute atomic E-state index is 4.75. The molecule has 21 heavy (non-hydrogen) atoms. The van der Waals surface area contributed by atoms with Crippen LogP contribution in [-0.2, 0) is 0 Å². The Balaban J connectivity index is 1.69. The summed E-state index contributed by atoms with van der Waals surface area (Å²) < 4.78 is 3.26. The first-order chi connectivity index (χ1) is 10.3. The van der Waals surface area contributed by atoms with Crippen molar-refractivity contribution in [3.05, 3.63) is 52.4 Å². The Hall–Kier alpha value is -1.56. The molecule has 1 aliphatic rings. The number of hydrogen-bond acceptors (Lipinski definition) is 2. The Kier molecular flexibility index (Phi) is 3.33. The second-order valence-corrected chi connectivity index (χ2v) is 6.62. The lowest BCUT2D eigenvalue weighted by Crippen LogP contribution is -2.17. The van der Waals surface area contributed by atoms with Gasteiger partial charge in [0, 0.05) is 36.7 Å². The predicted molar refractivity (Wildman–Crippen MR) is 94.8 cm³/mol. The fraction of sp³-hybridized carbons (Fsp3) is 0.235. The zero-order valence-corrected chi connectivity index (χ0v) is 13.8. The lowest BCUT2D eigenvalue weighted by atomic mass is 10.1. The van der Waals surface area contributed by atoms with Gasteiger partial charge in [0.05, 0.1) is 9.26 Å². The molecule has 0 aliphatic carbocycles. The first kappa shape index (κ1) is 13.1. The summed E-state index contributed by atoms with van der Waals surface area (Å²) >= 11 is 2.33. The number of aromatic nitrogens is 2. The van der Waals surface area contributed by atoms with E-state index in [1.54, 1.807) is 0 Å². The number of nitrogens with zero attached hydrogens (tertiary/aromatic N) is 3. The summed E-state index contributed by atoms with van der Waals surface area (Å²) in [7, 11) is 0. The number of anilines is 1. The molecular formula is C17H16IN3. The largest absolute Gasteiger partial charge is 0.372 e. The predicted octanol–water partition coefficient (Wildman–Crippen LogP) is 4.21. The molecule has 0 spiro atoms. The second-order valence-electron chi connectivity index (χ2n) is 5.45. The molecule has 0 unspecified atom stereocenters. The SMILES string of the molecule is Ic1cccn2cc(-c3ccc(N4CCCC4)cc3)nc12. The molecule has 2 aromatic heterocycles. The Bertz CT molecular complexity index is 770. The van der Waals surface area contributed by atoms with Gasteiger partial charge in [-0.05, 0) is 59.7 Å². The number of halogens is 1. The molecule has 1 fully saturated rings. The lowest BCUT2D eigenvalue weighted by molar-refractivity contribution is 0.949. The highest BCUT2D eigenvalue weighted by molar-refractivity contribution is 14.1. The standard InChI is InChI=1S/C17H16IN3/c18-15-4-3-11-21-12-16(19-17(15)21)13-5-7-14(8-6-13)20-9-1-2-10-20/h3-8,11-12H,1-2,9-10H2. The van der Waals surface area contributed by atoms with Crippen molar-refractivity contribution in [1.82, 2.24) is 9.38 Å². The minimum Gasteiger partial charge on any atom is -0.372 e. The molecule has 0 atom stereocenters. The van der Waals surface area contributed by atoms with Gasteiger partial charge in [-0.1, -0.05) is 12.1 Å². The van der Waals surface area contributed by atoms with Crippen molar-refractivity contribution in [3.63, 3.8) is 0 Å². The average Bonchev–Trinajstić information content (AvgIpc) is 3.18. The van der Waals surface area contributed by atoms with Gasteiger partial charge in [-0.25, -0.2) is 4.98 Å². The highest BCUT2D eigenvalue weighted by atomic mass is 127. The summed E-state index contributed by atoms with van der Waals surface area (Å²) in [6.07, 6.45) is 6.77. The van der Waals surface area contributed by atoms with E-state index < -0.39 is 0 Å². The van der Waals surface area contributed by atoms with E-state index in [9.17, 15) is 0 Å². The number of benzene rings is 1. The van der Waals surface area contributed by atoms with Gasteiger partial charge in [0.15, 0.2) is 5.65 Å². The van der Waals surface area contributed by atoms with Crippen LogP contribution < -0.4 is 4.90 Å². The Morgan fingerprint density at radius 3 is 2.48 bits per heavy atom. The molecule has 3 heterocycles. The highest BCUT2D eigenvalue weighted by Gasteiger charge is 2.12. The molecule has 1 saturated heterocycles. The van der Waals surface area contributed by atoms with Crippen LogP contribution in [0.25, 0.3) is 16.9 Å². The van der Waals surface area contributed by atoms with Crippen LogP contribution in [0, 0.1) is 3.57 Å². The smallest absolute Gasteiger partial charge is 0.150 e. The van der Waals surface area contributed by atoms with Crippen molar-refractivity contribution in [2.24, 2.45) is 0 Å². The van der Waals surface area contributed by atoms with Crippen LogP contribution in [-0.4, -0.2) is 22.5 Å². The molecule has 4 rings (SSSR count). The van der Waals surface area contributed by atoms with Gasteiger partial charge >= 0.3 is 0 Å². The summed E-state index contributed by atoms with van der Waals surface area (Å²) in [6, 6.07) is 12.9. The van der Waals surface area contributed by atoms with Gasteiger partial charge in [-0.15, -0.1) is 0 Å². The maximum Gasteiger partial charge on any atom is 0.150 e. The number of rotatable bonds is 2. The van der Waals surface area contributed by atoms with E-state index in [1.807, 2.05) is 6.20 Å². The topological polar surface area (TPSA) is 20.5 Å². The van der Waals surface area contributed by atoms with Gasteiger partial charge in [-0.2, -0.15) is 0 Å². The molecule has 0 amide bonds. The van der Waals surface area contributed by atoms with Gasteiger partial charge in [0.25, 0.3) is 0 Å². The van der Waals surface area contributed by atoms with Crippen LogP contribution in [0.3, 0.4) is 0 Å². The Labute approximate surface area is 137 Å². The Morgan fingerprint density at radius 2 is 1.76 bits per heavy atom. The molecule has 3 aromatic rings. The lowest BCUT2D eigenvalue weighted by Gasteiger charge is -2.17. The van der Waals surface area contributed by atoms with Crippen molar-refractivity contribution >= 4 is 33.9 Å². The molecule has 1 aromatic carbocycles. The molecule has 3 nitrogen and oxygen atoms in total. The van der Waals surface area contributed by atoms with E-state index in [1.165, 1.54) is 40.8 Å². The van der Waals surface area contributed by atoms with Crippen molar-refractivity contribution in [1.29, 1.82) is 0 Å². The van der Waals surface area contributed by atoms with Crippen LogP contribution in [0.4, 0.5) is 5.69 Å². The van der Waals surface area contributed by atoms with Crippen LogP contribution >= 0.6 is 22.6 Å². The molecule has 1 aliphatic heterocycles. The average molecular weight is 389 g/mol. The highest BCUT2D eigenvalue weighted by Crippen LogP contribution is 2.26. The van der Waals surface area contributed by atoms with E-state index >= 15 is 0 Å². The third-order valence-corrected chi connectivity index (χ3v) is 4.91. The third-order valence-electron chi connectivity index (χ3n) is 4.07. The second kappa shape index (κ2) is 5.33. The van der Waals surface area contributed by atoms with E-state index in [0.717, 1.165) is 11.3 Å². The molecule has 0 bridgehead atoms. The first-order valence-corrected chi connectivity index (χ1v) is 8.38. The van der Waals surface area contributed by atoms with E-state index in [4.69, 9.17) is 4.98 Å². The van der Waals surface area contributed by atoms with E-state index in [-0.39, 0.29) is 0 Å². The van der Waals surface area contributed by atoms with Crippen LogP contribution in [0.2, 0.25) is 0 Å². The third kappa shape index (κ3) is 2.41. The fourth-order valence-electron chi connectivity index (χ4n) is 2.94. The van der Waals surface area contributed by atoms with Crippen LogP contribution in [0.5, 0.6) is 0 Å². The quantitative estimate of drug-likeness (QED) is 0.613. The monoisotopic (exact) mass is 389 g/mol. The molecule has 0 N–H and O–H groups in total. The van der Waals surface area contributed by atoms with Gasteiger partial charge in [0.2, 0.25) is 0 Å². The van der Waals surface area contributed by atoms with Crippen LogP contribution in [0.1, 0.15) is 12.8 Å². The Morgan fingerprint density at radius 1 is 1.00 bits per heavy atom. The molecule has 0 saturated carbocycles. The van der Waals surface area contributed by atoms with Crippen molar-refractivity contribution in [3.8, 4) is 11.3 Å². The van der Waals surface area contributed by atoms with E-state index in [0.29, 0.717) is 0 Å². The maximum atomic E-state index is 4.75. The summed E-state index contributed by atoms with van der Waals surface area (Å²) in [4.78, 5) is 7.21. The minimum absolute atomic E-state index is 1.02. The molecule has 0 radical (unpaired) electrons. The zero-order chi connectivity index (χ0) is 14.2. The van der Waals surface area contributed by atoms with Gasteiger partial charge < -0.3 is 9.30 Å². The van der Waals surface area contributed by atoms with Crippen molar-refractivity contribution in [2.45, 2.75) is 12.8 Å². The first-order valence-electron chi connectivity index (χ1n) is 7.30. The number of hydrogen-bond donors (Lipinski definition) is 0. The van der Waals surface area contributed by atoms with Gasteiger partial charge in [0.1, 0.15) is 0 Å². The molecule has 106 valence electrons. The summed E-state index contributed by atoms with van der Waals surface area (Å²) in [5.41, 5.74) is 4.57. The van der Waals surface area contributed by atoms with Crippen molar-refractivity contribution in [2.75, 3.05) is 18.0 Å². The van der Waals surface area contributed by atoms with Crippen molar-refractivity contribution < 1.29 is 0 Å². The molecule has 4 heteroatoms. The minimum atomic E-state index is 1.02. The van der Waals surface area contributed by atoms with Crippen LogP contribution in [0.15, 0.2) is 48.8 Å². The number of pyridine rings is 1. The molecular weight excluding hydrogens is 373 g/mol. The number of fused-ring (bicyclic) bond motifs is 1. The number of imidazole rings is 1. The van der Waals surface area contributed by atoms with E-state index in [2.05, 4.69) is 74.5 Å². The zero-order valence-electron chi connectivity index (χ0n) is 11.7. The summed E-state index contributed by atoms with van der Waals surface area (Å²) in [6.45, 7) is 2.37. The summed E-state index contributed by atoms with van der Waals surface area (Å²) in [5.74, 6) is 0. The summed E-state index contributed by atoms with van der Waals surface area (Å²) in [5, 5.41) is 0. The van der Waals surface area contributed by atoms with Gasteiger partial charge in [-0.3, -0.25) is 0 Å². The fourth-order valence-corrected chi connectivity index (χ4v) is 3.54.